The van der Waals surface area contributed by atoms with Gasteiger partial charge < -0.3 is 10.6 Å². The van der Waals surface area contributed by atoms with Crippen LogP contribution in [0.15, 0.2) is 42.7 Å². The van der Waals surface area contributed by atoms with Gasteiger partial charge in [0, 0.05) is 33.9 Å². The van der Waals surface area contributed by atoms with Crippen molar-refractivity contribution in [3.05, 3.63) is 79.8 Å². The predicted molar refractivity (Wildman–Crippen MR) is 131 cm³/mol. The van der Waals surface area contributed by atoms with Gasteiger partial charge in [-0.1, -0.05) is 29.8 Å². The molecule has 4 aromatic rings. The van der Waals surface area contributed by atoms with Gasteiger partial charge >= 0.3 is 0 Å². The number of hydrogen-bond acceptors (Lipinski definition) is 5. The van der Waals surface area contributed by atoms with Gasteiger partial charge in [0.15, 0.2) is 0 Å². The van der Waals surface area contributed by atoms with Crippen molar-refractivity contribution < 1.29 is 9.59 Å². The normalized spacial score (nSPS) is 12.7. The van der Waals surface area contributed by atoms with Gasteiger partial charge in [-0.15, -0.1) is 22.7 Å². The minimum atomic E-state index is -0.282. The number of aromatic nitrogens is 1. The maximum absolute atomic E-state index is 13.2. The third kappa shape index (κ3) is 3.92. The van der Waals surface area contributed by atoms with Crippen LogP contribution in [-0.4, -0.2) is 16.8 Å². The Morgan fingerprint density at radius 2 is 2.03 bits per heavy atom. The number of fused-ring (bicyclic) bond motifs is 2. The zero-order valence-electron chi connectivity index (χ0n) is 17.3. The molecule has 1 aliphatic rings. The molecule has 3 heterocycles. The van der Waals surface area contributed by atoms with Crippen molar-refractivity contribution in [2.75, 3.05) is 5.32 Å². The number of benzene rings is 1. The van der Waals surface area contributed by atoms with Gasteiger partial charge in [-0.25, -0.2) is 0 Å². The van der Waals surface area contributed by atoms with Crippen LogP contribution in [-0.2, 0) is 19.4 Å². The molecule has 5 rings (SSSR count). The van der Waals surface area contributed by atoms with Crippen molar-refractivity contribution in [3.8, 4) is 0 Å². The highest BCUT2D eigenvalue weighted by atomic mass is 35.5. The van der Waals surface area contributed by atoms with Crippen LogP contribution in [0.1, 0.15) is 48.0 Å². The van der Waals surface area contributed by atoms with Crippen molar-refractivity contribution in [1.82, 2.24) is 10.3 Å². The van der Waals surface area contributed by atoms with E-state index in [1.165, 1.54) is 27.6 Å². The first-order chi connectivity index (χ1) is 15.5. The molecule has 0 saturated carbocycles. The molecular formula is C24H20ClN3O2S2. The lowest BCUT2D eigenvalue weighted by atomic mass is 10.1. The van der Waals surface area contributed by atoms with Crippen LogP contribution in [0.3, 0.4) is 0 Å². The van der Waals surface area contributed by atoms with Crippen molar-refractivity contribution in [3.63, 3.8) is 0 Å². The third-order valence-electron chi connectivity index (χ3n) is 5.54. The molecule has 0 atom stereocenters. The smallest absolute Gasteiger partial charge is 0.267 e. The van der Waals surface area contributed by atoms with Gasteiger partial charge in [0.1, 0.15) is 9.88 Å². The highest BCUT2D eigenvalue weighted by Crippen LogP contribution is 2.41. The number of nitrogens with zero attached hydrogens (tertiary/aromatic N) is 1. The molecule has 0 bridgehead atoms. The second-order valence-corrected chi connectivity index (χ2v) is 10.3. The van der Waals surface area contributed by atoms with E-state index >= 15 is 0 Å². The quantitative estimate of drug-likeness (QED) is 0.367. The maximum Gasteiger partial charge on any atom is 0.267 e. The second kappa shape index (κ2) is 8.65. The number of rotatable bonds is 5. The van der Waals surface area contributed by atoms with Gasteiger partial charge in [-0.3, -0.25) is 14.6 Å². The van der Waals surface area contributed by atoms with Crippen LogP contribution in [0.25, 0.3) is 10.1 Å². The summed E-state index contributed by atoms with van der Waals surface area (Å²) in [5, 5.41) is 7.88. The van der Waals surface area contributed by atoms with Gasteiger partial charge in [0.05, 0.1) is 10.6 Å². The molecule has 5 nitrogen and oxygen atoms in total. The Balaban J connectivity index is 1.42. The van der Waals surface area contributed by atoms with E-state index in [9.17, 15) is 9.59 Å². The number of carbonyl (C=O) groups excluding carboxylic acids is 2. The average Bonchev–Trinajstić information content (AvgIpc) is 3.45. The number of hydrogen-bond donors (Lipinski definition) is 2. The van der Waals surface area contributed by atoms with Crippen LogP contribution in [0.2, 0.25) is 5.02 Å². The van der Waals surface area contributed by atoms with E-state index in [1.807, 2.05) is 37.3 Å². The van der Waals surface area contributed by atoms with E-state index in [1.54, 1.807) is 12.4 Å². The van der Waals surface area contributed by atoms with Gasteiger partial charge in [-0.05, 0) is 55.0 Å². The number of amides is 2. The molecule has 1 aromatic carbocycles. The fourth-order valence-corrected chi connectivity index (χ4v) is 6.78. The molecule has 0 unspecified atom stereocenters. The van der Waals surface area contributed by atoms with E-state index in [0.29, 0.717) is 27.0 Å². The molecule has 2 N–H and O–H groups in total. The summed E-state index contributed by atoms with van der Waals surface area (Å²) in [5.41, 5.74) is 3.66. The molecule has 32 heavy (non-hydrogen) atoms. The predicted octanol–water partition coefficient (Wildman–Crippen LogP) is 5.99. The molecule has 0 radical (unpaired) electrons. The van der Waals surface area contributed by atoms with Crippen LogP contribution in [0.4, 0.5) is 5.00 Å². The summed E-state index contributed by atoms with van der Waals surface area (Å²) in [6.45, 7) is 2.39. The lowest BCUT2D eigenvalue weighted by Gasteiger charge is -2.09. The molecule has 3 aromatic heterocycles. The largest absolute Gasteiger partial charge is 0.348 e. The topological polar surface area (TPSA) is 71.1 Å². The summed E-state index contributed by atoms with van der Waals surface area (Å²) in [6.07, 6.45) is 6.24. The summed E-state index contributed by atoms with van der Waals surface area (Å²) in [7, 11) is 0. The lowest BCUT2D eigenvalue weighted by Crippen LogP contribution is -2.25. The molecule has 0 aliphatic heterocycles. The SMILES string of the molecule is Cc1ccc2c(Cl)c(C(=O)Nc3sc4c(c3C(=O)NCc3cccnc3)CCC4)sc2c1. The number of nitrogens with one attached hydrogen (secondary N) is 2. The average molecular weight is 482 g/mol. The fourth-order valence-electron chi connectivity index (χ4n) is 3.98. The first kappa shape index (κ1) is 21.1. The molecular weight excluding hydrogens is 462 g/mol. The Morgan fingerprint density at radius 1 is 1.16 bits per heavy atom. The Bertz CT molecular complexity index is 1340. The molecule has 2 amide bonds. The zero-order chi connectivity index (χ0) is 22.2. The van der Waals surface area contributed by atoms with Crippen molar-refractivity contribution >= 4 is 61.2 Å². The number of carbonyl (C=O) groups is 2. The summed E-state index contributed by atoms with van der Waals surface area (Å²) >= 11 is 9.40. The minimum Gasteiger partial charge on any atom is -0.348 e. The number of thiophene rings is 2. The van der Waals surface area contributed by atoms with E-state index < -0.39 is 0 Å². The van der Waals surface area contributed by atoms with Gasteiger partial charge in [0.2, 0.25) is 0 Å². The summed E-state index contributed by atoms with van der Waals surface area (Å²) in [6, 6.07) is 9.71. The Morgan fingerprint density at radius 3 is 2.84 bits per heavy atom. The number of pyridine rings is 1. The maximum atomic E-state index is 13.2. The summed E-state index contributed by atoms with van der Waals surface area (Å²) in [4.78, 5) is 32.0. The van der Waals surface area contributed by atoms with E-state index in [2.05, 4.69) is 15.6 Å². The molecule has 0 fully saturated rings. The molecule has 162 valence electrons. The number of halogens is 1. The van der Waals surface area contributed by atoms with E-state index in [-0.39, 0.29) is 11.8 Å². The van der Waals surface area contributed by atoms with Gasteiger partial charge in [0.25, 0.3) is 11.8 Å². The third-order valence-corrected chi connectivity index (χ3v) is 8.41. The molecule has 1 aliphatic carbocycles. The fraction of sp³-hybridized carbons (Fsp3) is 0.208. The summed E-state index contributed by atoms with van der Waals surface area (Å²) < 4.78 is 0.975. The Kier molecular flexibility index (Phi) is 5.71. The van der Waals surface area contributed by atoms with E-state index in [0.717, 1.165) is 46.0 Å². The number of anilines is 1. The molecule has 0 saturated heterocycles. The zero-order valence-corrected chi connectivity index (χ0v) is 19.7. The second-order valence-electron chi connectivity index (χ2n) is 7.80. The first-order valence-corrected chi connectivity index (χ1v) is 12.3. The molecule has 0 spiro atoms. The highest BCUT2D eigenvalue weighted by molar-refractivity contribution is 7.22. The minimum absolute atomic E-state index is 0.179. The van der Waals surface area contributed by atoms with Crippen molar-refractivity contribution in [1.29, 1.82) is 0 Å². The lowest BCUT2D eigenvalue weighted by molar-refractivity contribution is 0.0951. The summed E-state index contributed by atoms with van der Waals surface area (Å²) in [5.74, 6) is -0.461. The van der Waals surface area contributed by atoms with Crippen LogP contribution in [0.5, 0.6) is 0 Å². The van der Waals surface area contributed by atoms with Crippen LogP contribution < -0.4 is 10.6 Å². The highest BCUT2D eigenvalue weighted by Gasteiger charge is 2.28. The van der Waals surface area contributed by atoms with Crippen LogP contribution >= 0.6 is 34.3 Å². The standard InChI is InChI=1S/C24H20ClN3O2S2/c1-13-7-8-16-18(10-13)31-21(20(16)25)23(30)28-24-19(15-5-2-6-17(15)32-24)22(29)27-12-14-4-3-9-26-11-14/h3-4,7-11H,2,5-6,12H2,1H3,(H,27,29)(H,28,30). The van der Waals surface area contributed by atoms with E-state index in [4.69, 9.17) is 11.6 Å². The molecule has 8 heteroatoms. The Labute approximate surface area is 198 Å². The first-order valence-electron chi connectivity index (χ1n) is 10.3. The van der Waals surface area contributed by atoms with Crippen molar-refractivity contribution in [2.45, 2.75) is 32.7 Å². The Hall–Kier alpha value is -2.74. The monoisotopic (exact) mass is 481 g/mol. The number of aryl methyl sites for hydroxylation is 2. The van der Waals surface area contributed by atoms with Crippen molar-refractivity contribution in [2.24, 2.45) is 0 Å². The van der Waals surface area contributed by atoms with Crippen LogP contribution in [0, 0.1) is 6.92 Å². The van der Waals surface area contributed by atoms with Gasteiger partial charge in [-0.2, -0.15) is 0 Å².